The van der Waals surface area contributed by atoms with Crippen LogP contribution in [0.15, 0.2) is 35.0 Å². The van der Waals surface area contributed by atoms with E-state index >= 15 is 0 Å². The van der Waals surface area contributed by atoms with Gasteiger partial charge in [0, 0.05) is 24.6 Å². The van der Waals surface area contributed by atoms with E-state index in [9.17, 15) is 4.79 Å². The van der Waals surface area contributed by atoms with Crippen LogP contribution in [0.5, 0.6) is 5.75 Å². The molecule has 144 valence electrons. The monoisotopic (exact) mass is 380 g/mol. The predicted molar refractivity (Wildman–Crippen MR) is 97.8 cm³/mol. The van der Waals surface area contributed by atoms with Gasteiger partial charge < -0.3 is 14.2 Å². The molecule has 2 aliphatic rings. The molecule has 1 aliphatic heterocycles. The van der Waals surface area contributed by atoms with Crippen LogP contribution in [0.25, 0.3) is 11.6 Å². The van der Waals surface area contributed by atoms with E-state index < -0.39 is 0 Å². The highest BCUT2D eigenvalue weighted by Crippen LogP contribution is 2.38. The summed E-state index contributed by atoms with van der Waals surface area (Å²) in [6.45, 7) is 1.25. The summed E-state index contributed by atoms with van der Waals surface area (Å²) in [6, 6.07) is 7.28. The number of amides is 1. The number of hydrogen-bond acceptors (Lipinski definition) is 7. The van der Waals surface area contributed by atoms with E-state index in [2.05, 4.69) is 20.5 Å². The van der Waals surface area contributed by atoms with E-state index in [1.807, 2.05) is 23.2 Å². The normalized spacial score (nSPS) is 19.2. The number of methoxy groups -OCH3 is 1. The number of ether oxygens (including phenoxy) is 1. The zero-order chi connectivity index (χ0) is 19.1. The summed E-state index contributed by atoms with van der Waals surface area (Å²) in [4.78, 5) is 19.0. The Balaban J connectivity index is 1.28. The van der Waals surface area contributed by atoms with Crippen molar-refractivity contribution in [2.24, 2.45) is 0 Å². The third-order valence-electron chi connectivity index (χ3n) is 5.26. The first-order chi connectivity index (χ1) is 13.7. The lowest BCUT2D eigenvalue weighted by Gasteiger charge is -2.17. The van der Waals surface area contributed by atoms with Gasteiger partial charge in [-0.25, -0.2) is 4.68 Å². The fraction of sp³-hybridized carbons (Fsp3) is 0.421. The van der Waals surface area contributed by atoms with E-state index in [0.29, 0.717) is 41.9 Å². The number of likely N-dealkylation sites (tertiary alicyclic amines) is 1. The highest BCUT2D eigenvalue weighted by Gasteiger charge is 2.31. The Hall–Kier alpha value is -3.23. The van der Waals surface area contributed by atoms with E-state index in [1.54, 1.807) is 23.9 Å². The van der Waals surface area contributed by atoms with Crippen molar-refractivity contribution >= 4 is 5.91 Å². The molecular weight excluding hydrogens is 360 g/mol. The molecule has 0 spiro atoms. The molecule has 2 fully saturated rings. The highest BCUT2D eigenvalue weighted by molar-refractivity contribution is 5.94. The lowest BCUT2D eigenvalue weighted by molar-refractivity contribution is 0.0786. The molecular formula is C19H20N6O3. The van der Waals surface area contributed by atoms with Crippen molar-refractivity contribution in [1.82, 2.24) is 30.0 Å². The third kappa shape index (κ3) is 3.12. The maximum Gasteiger partial charge on any atom is 0.280 e. The Morgan fingerprint density at radius 1 is 1.29 bits per heavy atom. The smallest absolute Gasteiger partial charge is 0.280 e. The Bertz CT molecular complexity index is 1010. The molecule has 9 nitrogen and oxygen atoms in total. The Morgan fingerprint density at radius 2 is 2.18 bits per heavy atom. The van der Waals surface area contributed by atoms with Gasteiger partial charge in [0.05, 0.1) is 19.3 Å². The second kappa shape index (κ2) is 6.74. The van der Waals surface area contributed by atoms with Crippen molar-refractivity contribution in [3.8, 4) is 17.3 Å². The molecule has 0 radical (unpaired) electrons. The maximum atomic E-state index is 12.8. The van der Waals surface area contributed by atoms with E-state index in [0.717, 1.165) is 25.1 Å². The van der Waals surface area contributed by atoms with Crippen molar-refractivity contribution in [1.29, 1.82) is 0 Å². The summed E-state index contributed by atoms with van der Waals surface area (Å²) < 4.78 is 12.3. The van der Waals surface area contributed by atoms with Gasteiger partial charge in [-0.3, -0.25) is 4.79 Å². The number of hydrogen-bond donors (Lipinski definition) is 0. The minimum Gasteiger partial charge on any atom is -0.497 e. The molecule has 1 saturated heterocycles. The molecule has 1 unspecified atom stereocenters. The molecule has 1 aliphatic carbocycles. The average molecular weight is 380 g/mol. The Kier molecular flexibility index (Phi) is 4.07. The molecule has 1 saturated carbocycles. The number of aromatic nitrogens is 5. The van der Waals surface area contributed by atoms with Crippen LogP contribution < -0.4 is 4.74 Å². The average Bonchev–Trinajstić information content (AvgIpc) is 3.16. The van der Waals surface area contributed by atoms with Gasteiger partial charge in [-0.15, -0.1) is 5.10 Å². The molecule has 9 heteroatoms. The molecule has 1 amide bonds. The molecule has 3 heterocycles. The zero-order valence-corrected chi connectivity index (χ0v) is 15.5. The van der Waals surface area contributed by atoms with Crippen LogP contribution in [-0.4, -0.2) is 56.1 Å². The van der Waals surface area contributed by atoms with Gasteiger partial charge in [0.15, 0.2) is 11.5 Å². The minimum atomic E-state index is -0.00675. The lowest BCUT2D eigenvalue weighted by atomic mass is 10.2. The van der Waals surface area contributed by atoms with Crippen LogP contribution in [-0.2, 0) is 0 Å². The van der Waals surface area contributed by atoms with Crippen LogP contribution in [0.1, 0.15) is 47.4 Å². The van der Waals surface area contributed by atoms with E-state index in [1.165, 1.54) is 0 Å². The number of rotatable bonds is 5. The third-order valence-corrected chi connectivity index (χ3v) is 5.26. The SMILES string of the molecule is COc1cccc(C(=O)N2CCC(n3cc(-c4nc(C5CC5)no4)nn3)C2)c1. The molecule has 0 bridgehead atoms. The lowest BCUT2D eigenvalue weighted by Crippen LogP contribution is -2.29. The van der Waals surface area contributed by atoms with E-state index in [-0.39, 0.29) is 11.9 Å². The number of carbonyl (C=O) groups is 1. The van der Waals surface area contributed by atoms with Crippen LogP contribution in [0.3, 0.4) is 0 Å². The minimum absolute atomic E-state index is 0.00675. The molecule has 5 rings (SSSR count). The van der Waals surface area contributed by atoms with Gasteiger partial charge in [-0.2, -0.15) is 4.98 Å². The van der Waals surface area contributed by atoms with Crippen LogP contribution >= 0.6 is 0 Å². The van der Waals surface area contributed by atoms with Gasteiger partial charge in [-0.1, -0.05) is 16.4 Å². The summed E-state index contributed by atoms with van der Waals surface area (Å²) in [7, 11) is 1.59. The van der Waals surface area contributed by atoms with Gasteiger partial charge >= 0.3 is 0 Å². The fourth-order valence-corrected chi connectivity index (χ4v) is 3.48. The zero-order valence-electron chi connectivity index (χ0n) is 15.5. The molecule has 0 N–H and O–H groups in total. The summed E-state index contributed by atoms with van der Waals surface area (Å²) in [5.41, 5.74) is 1.19. The van der Waals surface area contributed by atoms with Crippen LogP contribution in [0.4, 0.5) is 0 Å². The molecule has 1 aromatic carbocycles. The first-order valence-electron chi connectivity index (χ1n) is 9.40. The van der Waals surface area contributed by atoms with Crippen molar-refractivity contribution in [3.05, 3.63) is 41.9 Å². The predicted octanol–water partition coefficient (Wildman–Crippen LogP) is 2.30. The molecule has 28 heavy (non-hydrogen) atoms. The number of nitrogens with zero attached hydrogens (tertiary/aromatic N) is 6. The number of benzene rings is 1. The first-order valence-corrected chi connectivity index (χ1v) is 9.40. The summed E-state index contributed by atoms with van der Waals surface area (Å²) in [5.74, 6) is 2.25. The maximum absolute atomic E-state index is 12.8. The summed E-state index contributed by atoms with van der Waals surface area (Å²) >= 11 is 0. The van der Waals surface area contributed by atoms with Gasteiger partial charge in [0.2, 0.25) is 0 Å². The largest absolute Gasteiger partial charge is 0.497 e. The fourth-order valence-electron chi connectivity index (χ4n) is 3.48. The molecule has 1 atom stereocenters. The van der Waals surface area contributed by atoms with Crippen LogP contribution in [0.2, 0.25) is 0 Å². The Morgan fingerprint density at radius 3 is 3.00 bits per heavy atom. The quantitative estimate of drug-likeness (QED) is 0.669. The topological polar surface area (TPSA) is 99.2 Å². The highest BCUT2D eigenvalue weighted by atomic mass is 16.5. The Labute approximate surface area is 161 Å². The van der Waals surface area contributed by atoms with Crippen molar-refractivity contribution < 1.29 is 14.1 Å². The first kappa shape index (κ1) is 16.9. The van der Waals surface area contributed by atoms with Crippen LogP contribution in [0, 0.1) is 0 Å². The second-order valence-electron chi connectivity index (χ2n) is 7.24. The summed E-state index contributed by atoms with van der Waals surface area (Å²) in [6.07, 6.45) is 4.86. The van der Waals surface area contributed by atoms with Gasteiger partial charge in [0.1, 0.15) is 5.75 Å². The second-order valence-corrected chi connectivity index (χ2v) is 7.24. The number of carbonyl (C=O) groups excluding carboxylic acids is 1. The molecule has 2 aromatic heterocycles. The van der Waals surface area contributed by atoms with Crippen molar-refractivity contribution in [2.45, 2.75) is 31.2 Å². The van der Waals surface area contributed by atoms with Crippen molar-refractivity contribution in [3.63, 3.8) is 0 Å². The standard InChI is InChI=1S/C19H20N6O3/c1-27-15-4-2-3-13(9-15)19(26)24-8-7-14(10-24)25-11-16(21-23-25)18-20-17(22-28-18)12-5-6-12/h2-4,9,11-12,14H,5-8,10H2,1H3. The van der Waals surface area contributed by atoms with Gasteiger partial charge in [0.25, 0.3) is 11.8 Å². The van der Waals surface area contributed by atoms with Crippen molar-refractivity contribution in [2.75, 3.05) is 20.2 Å². The molecule has 3 aromatic rings. The summed E-state index contributed by atoms with van der Waals surface area (Å²) in [5, 5.41) is 12.4. The van der Waals surface area contributed by atoms with Gasteiger partial charge in [-0.05, 0) is 37.5 Å². The van der Waals surface area contributed by atoms with E-state index in [4.69, 9.17) is 9.26 Å².